The minimum atomic E-state index is -4.67. The Morgan fingerprint density at radius 3 is 2.42 bits per heavy atom. The molecule has 0 unspecified atom stereocenters. The van der Waals surface area contributed by atoms with Gasteiger partial charge in [-0.1, -0.05) is 0 Å². The molecule has 3 nitrogen and oxygen atoms in total. The lowest BCUT2D eigenvalue weighted by molar-refractivity contribution is -0.138. The number of carbonyl (C=O) groups is 1. The van der Waals surface area contributed by atoms with Gasteiger partial charge in [-0.3, -0.25) is 0 Å². The smallest absolute Gasteiger partial charge is 0.430 e. The Balaban J connectivity index is 4.26. The first-order valence-electron chi connectivity index (χ1n) is 3.09. The number of allylic oxidation sites excluding steroid dienone is 1. The number of nitrogens with two attached hydrogens (primary N) is 1. The van der Waals surface area contributed by atoms with Gasteiger partial charge in [0.15, 0.2) is 0 Å². The lowest BCUT2D eigenvalue weighted by Gasteiger charge is -2.05. The summed E-state index contributed by atoms with van der Waals surface area (Å²) in [7, 11) is 0. The molecule has 0 aromatic carbocycles. The van der Waals surface area contributed by atoms with Crippen LogP contribution < -0.4 is 5.73 Å². The van der Waals surface area contributed by atoms with Crippen molar-refractivity contribution in [3.8, 4) is 0 Å². The van der Waals surface area contributed by atoms with Crippen molar-refractivity contribution in [3.63, 3.8) is 0 Å². The maximum Gasteiger partial charge on any atom is 0.430 e. The lowest BCUT2D eigenvalue weighted by atomic mass is 10.4. The molecule has 0 rings (SSSR count). The van der Waals surface area contributed by atoms with Crippen molar-refractivity contribution >= 4 is 5.97 Å². The van der Waals surface area contributed by atoms with E-state index >= 15 is 0 Å². The molecule has 0 aliphatic heterocycles. The quantitative estimate of drug-likeness (QED) is 0.512. The molecule has 0 spiro atoms. The molecule has 0 amide bonds. The van der Waals surface area contributed by atoms with Gasteiger partial charge in [-0.25, -0.2) is 4.79 Å². The molecule has 0 bridgehead atoms. The van der Waals surface area contributed by atoms with E-state index in [0.717, 1.165) is 0 Å². The molecule has 0 aliphatic carbocycles. The van der Waals surface area contributed by atoms with Gasteiger partial charge in [0.1, 0.15) is 5.70 Å². The number of carbonyl (C=O) groups excluding carboxylic acids is 1. The highest BCUT2D eigenvalue weighted by atomic mass is 19.4. The maximum absolute atomic E-state index is 11.6. The van der Waals surface area contributed by atoms with Crippen molar-refractivity contribution in [1.82, 2.24) is 0 Å². The van der Waals surface area contributed by atoms with Crippen LogP contribution in [0.4, 0.5) is 13.2 Å². The fourth-order valence-electron chi connectivity index (χ4n) is 0.393. The second-order valence-corrected chi connectivity index (χ2v) is 1.85. The summed E-state index contributed by atoms with van der Waals surface area (Å²) in [4.78, 5) is 10.4. The van der Waals surface area contributed by atoms with Gasteiger partial charge in [0.05, 0.1) is 12.7 Å². The third kappa shape index (κ3) is 3.85. The highest BCUT2D eigenvalue weighted by molar-refractivity contribution is 5.82. The normalized spacial score (nSPS) is 12.8. The summed E-state index contributed by atoms with van der Waals surface area (Å²) in [5, 5.41) is 0. The van der Waals surface area contributed by atoms with Gasteiger partial charge >= 0.3 is 12.1 Å². The maximum atomic E-state index is 11.6. The Labute approximate surface area is 67.0 Å². The minimum absolute atomic E-state index is 0.0144. The van der Waals surface area contributed by atoms with Crippen LogP contribution in [0, 0.1) is 0 Å². The fourth-order valence-corrected chi connectivity index (χ4v) is 0.393. The summed E-state index contributed by atoms with van der Waals surface area (Å²) < 4.78 is 39.2. The topological polar surface area (TPSA) is 52.3 Å². The Kier molecular flexibility index (Phi) is 3.59. The van der Waals surface area contributed by atoms with Crippen LogP contribution in [0.1, 0.15) is 6.92 Å². The number of hydrogen-bond donors (Lipinski definition) is 1. The third-order valence-corrected chi connectivity index (χ3v) is 0.887. The van der Waals surface area contributed by atoms with E-state index in [1.165, 1.54) is 6.92 Å². The standard InChI is InChI=1S/C6H8F3NO2/c1-2-12-5(11)3-4(10)6(7,8)9/h3H,2,10H2,1H3/b4-3-. The molecule has 2 N–H and O–H groups in total. The summed E-state index contributed by atoms with van der Waals surface area (Å²) in [6, 6.07) is 0. The van der Waals surface area contributed by atoms with Gasteiger partial charge in [0.25, 0.3) is 0 Å². The summed E-state index contributed by atoms with van der Waals surface area (Å²) in [6.45, 7) is 1.50. The molecule has 70 valence electrons. The average Bonchev–Trinajstić information content (AvgIpc) is 1.85. The first-order valence-corrected chi connectivity index (χ1v) is 3.09. The van der Waals surface area contributed by atoms with Crippen LogP contribution in [0.15, 0.2) is 11.8 Å². The Morgan fingerprint density at radius 2 is 2.08 bits per heavy atom. The molecule has 0 atom stereocenters. The molecule has 0 fully saturated rings. The average molecular weight is 183 g/mol. The van der Waals surface area contributed by atoms with Crippen molar-refractivity contribution in [2.75, 3.05) is 6.61 Å². The molecule has 0 aliphatic rings. The zero-order valence-electron chi connectivity index (χ0n) is 6.31. The van der Waals surface area contributed by atoms with Crippen LogP contribution in [0.25, 0.3) is 0 Å². The van der Waals surface area contributed by atoms with E-state index in [4.69, 9.17) is 0 Å². The highest BCUT2D eigenvalue weighted by Gasteiger charge is 2.32. The van der Waals surface area contributed by atoms with Gasteiger partial charge in [0, 0.05) is 0 Å². The molecule has 0 radical (unpaired) electrons. The largest absolute Gasteiger partial charge is 0.463 e. The molecular weight excluding hydrogens is 175 g/mol. The van der Waals surface area contributed by atoms with Gasteiger partial charge in [-0.05, 0) is 6.92 Å². The number of alkyl halides is 3. The van der Waals surface area contributed by atoms with E-state index in [0.29, 0.717) is 0 Å². The lowest BCUT2D eigenvalue weighted by Crippen LogP contribution is -2.21. The first-order chi connectivity index (χ1) is 5.38. The van der Waals surface area contributed by atoms with Crippen LogP contribution >= 0.6 is 0 Å². The summed E-state index contributed by atoms with van der Waals surface area (Å²) in [5.41, 5.74) is 3.06. The van der Waals surface area contributed by atoms with E-state index in [1.54, 1.807) is 0 Å². The van der Waals surface area contributed by atoms with Crippen molar-refractivity contribution < 1.29 is 22.7 Å². The van der Waals surface area contributed by atoms with Crippen molar-refractivity contribution in [2.24, 2.45) is 5.73 Å². The number of esters is 1. The van der Waals surface area contributed by atoms with E-state index in [-0.39, 0.29) is 12.7 Å². The van der Waals surface area contributed by atoms with Crippen LogP contribution in [-0.2, 0) is 9.53 Å². The van der Waals surface area contributed by atoms with E-state index in [9.17, 15) is 18.0 Å². The molecule has 0 saturated heterocycles. The Hall–Kier alpha value is -1.20. The number of rotatable bonds is 2. The van der Waals surface area contributed by atoms with Crippen LogP contribution in [-0.4, -0.2) is 18.8 Å². The van der Waals surface area contributed by atoms with Crippen LogP contribution in [0.2, 0.25) is 0 Å². The van der Waals surface area contributed by atoms with Gasteiger partial charge in [0.2, 0.25) is 0 Å². The molecule has 6 heteroatoms. The SMILES string of the molecule is CCOC(=O)/C=C(\N)C(F)(F)F. The van der Waals surface area contributed by atoms with Crippen molar-refractivity contribution in [2.45, 2.75) is 13.1 Å². The van der Waals surface area contributed by atoms with Gasteiger partial charge < -0.3 is 10.5 Å². The van der Waals surface area contributed by atoms with Crippen molar-refractivity contribution in [1.29, 1.82) is 0 Å². The fraction of sp³-hybridized carbons (Fsp3) is 0.500. The second-order valence-electron chi connectivity index (χ2n) is 1.85. The Bertz CT molecular complexity index is 197. The monoisotopic (exact) mass is 183 g/mol. The van der Waals surface area contributed by atoms with E-state index in [1.807, 2.05) is 0 Å². The van der Waals surface area contributed by atoms with E-state index < -0.39 is 17.8 Å². The molecule has 0 heterocycles. The van der Waals surface area contributed by atoms with E-state index in [2.05, 4.69) is 10.5 Å². The first kappa shape index (κ1) is 10.8. The predicted octanol–water partition coefficient (Wildman–Crippen LogP) is 0.954. The minimum Gasteiger partial charge on any atom is -0.463 e. The van der Waals surface area contributed by atoms with Gasteiger partial charge in [-0.15, -0.1) is 0 Å². The summed E-state index contributed by atoms with van der Waals surface area (Å²) in [5.74, 6) is -1.09. The summed E-state index contributed by atoms with van der Waals surface area (Å²) in [6.07, 6.45) is -4.46. The number of ether oxygens (including phenoxy) is 1. The molecule has 0 aromatic rings. The number of hydrogen-bond acceptors (Lipinski definition) is 3. The third-order valence-electron chi connectivity index (χ3n) is 0.887. The van der Waals surface area contributed by atoms with Crippen molar-refractivity contribution in [3.05, 3.63) is 11.8 Å². The van der Waals surface area contributed by atoms with Gasteiger partial charge in [-0.2, -0.15) is 13.2 Å². The predicted molar refractivity (Wildman–Crippen MR) is 35.0 cm³/mol. The zero-order valence-corrected chi connectivity index (χ0v) is 6.31. The zero-order chi connectivity index (χ0) is 9.78. The molecule has 0 aromatic heterocycles. The van der Waals surface area contributed by atoms with Crippen LogP contribution in [0.5, 0.6) is 0 Å². The molecule has 12 heavy (non-hydrogen) atoms. The number of halogens is 3. The Morgan fingerprint density at radius 1 is 1.58 bits per heavy atom. The molecule has 0 saturated carbocycles. The highest BCUT2D eigenvalue weighted by Crippen LogP contribution is 2.20. The molecular formula is C6H8F3NO2. The second kappa shape index (κ2) is 3.99. The summed E-state index contributed by atoms with van der Waals surface area (Å²) >= 11 is 0. The van der Waals surface area contributed by atoms with Crippen LogP contribution in [0.3, 0.4) is 0 Å².